The van der Waals surface area contributed by atoms with Gasteiger partial charge in [-0.15, -0.1) is 35.3 Å². The molecule has 1 heterocycles. The van der Waals surface area contributed by atoms with Gasteiger partial charge in [0, 0.05) is 12.0 Å². The van der Waals surface area contributed by atoms with Gasteiger partial charge in [0.2, 0.25) is 0 Å². The van der Waals surface area contributed by atoms with Crippen LogP contribution in [0.1, 0.15) is 22.3 Å². The van der Waals surface area contributed by atoms with Gasteiger partial charge in [-0.05, 0) is 24.8 Å². The van der Waals surface area contributed by atoms with Gasteiger partial charge in [0.15, 0.2) is 0 Å². The van der Waals surface area contributed by atoms with Crippen molar-refractivity contribution in [1.29, 1.82) is 0 Å². The monoisotopic (exact) mass is 330 g/mol. The Morgan fingerprint density at radius 2 is 2.00 bits per heavy atom. The minimum atomic E-state index is -0.315. The number of thioether (sulfide) groups is 3. The second kappa shape index (κ2) is 6.54. The third-order valence-corrected chi connectivity index (χ3v) is 7.45. The number of hydrogen-bond donors (Lipinski definition) is 0. The summed E-state index contributed by atoms with van der Waals surface area (Å²) >= 11 is 5.20. The molecule has 3 nitrogen and oxygen atoms in total. The number of benzene rings is 1. The molecule has 1 aromatic carbocycles. The van der Waals surface area contributed by atoms with E-state index in [1.807, 2.05) is 41.9 Å². The zero-order valence-corrected chi connectivity index (χ0v) is 14.5. The Labute approximate surface area is 132 Å². The maximum absolute atomic E-state index is 11.9. The lowest BCUT2D eigenvalue weighted by atomic mass is 10.0. The van der Waals surface area contributed by atoms with Gasteiger partial charge >= 0.3 is 5.97 Å². The molecule has 0 spiro atoms. The summed E-state index contributed by atoms with van der Waals surface area (Å²) in [6, 6.07) is 3.86. The number of carbonyl (C=O) groups is 1. The summed E-state index contributed by atoms with van der Waals surface area (Å²) < 4.78 is 10.7. The molecule has 20 heavy (non-hydrogen) atoms. The third kappa shape index (κ3) is 2.53. The number of ether oxygens (including phenoxy) is 2. The van der Waals surface area contributed by atoms with Gasteiger partial charge in [0.1, 0.15) is 5.75 Å². The van der Waals surface area contributed by atoms with Gasteiger partial charge in [0.05, 0.1) is 28.3 Å². The summed E-state index contributed by atoms with van der Waals surface area (Å²) in [6.45, 7) is 0.673. The molecule has 0 unspecified atom stereocenters. The van der Waals surface area contributed by atoms with Crippen molar-refractivity contribution in [2.45, 2.75) is 15.4 Å². The molecular weight excluding hydrogens is 312 g/mol. The van der Waals surface area contributed by atoms with Gasteiger partial charge in [-0.25, -0.2) is 4.79 Å². The van der Waals surface area contributed by atoms with Crippen molar-refractivity contribution in [3.8, 4) is 5.75 Å². The van der Waals surface area contributed by atoms with Crippen LogP contribution in [-0.4, -0.2) is 38.5 Å². The second-order valence-corrected chi connectivity index (χ2v) is 7.56. The van der Waals surface area contributed by atoms with E-state index >= 15 is 0 Å². The summed E-state index contributed by atoms with van der Waals surface area (Å²) in [5, 5.41) is 0. The first-order valence-electron chi connectivity index (χ1n) is 6.16. The van der Waals surface area contributed by atoms with Crippen LogP contribution >= 0.6 is 35.3 Å². The van der Waals surface area contributed by atoms with Crippen LogP contribution in [0.25, 0.3) is 0 Å². The van der Waals surface area contributed by atoms with E-state index in [9.17, 15) is 4.79 Å². The zero-order chi connectivity index (χ0) is 14.8. The lowest BCUT2D eigenvalue weighted by Crippen LogP contribution is -2.27. The predicted octanol–water partition coefficient (Wildman–Crippen LogP) is 3.86. The predicted molar refractivity (Wildman–Crippen MR) is 88.4 cm³/mol. The number of methoxy groups -OCH3 is 1. The van der Waals surface area contributed by atoms with Crippen molar-refractivity contribution in [1.82, 2.24) is 0 Å². The highest BCUT2D eigenvalue weighted by molar-refractivity contribution is 8.16. The van der Waals surface area contributed by atoms with Crippen molar-refractivity contribution < 1.29 is 14.3 Å². The maximum atomic E-state index is 11.9. The molecule has 0 amide bonds. The Hall–Kier alpha value is -0.460. The van der Waals surface area contributed by atoms with E-state index in [1.165, 1.54) is 24.4 Å². The molecule has 1 aromatic rings. The van der Waals surface area contributed by atoms with Crippen LogP contribution in [-0.2, 0) is 8.82 Å². The van der Waals surface area contributed by atoms with Gasteiger partial charge in [-0.3, -0.25) is 0 Å². The summed E-state index contributed by atoms with van der Waals surface area (Å²) in [5.74, 6) is 0.528. The molecule has 0 atom stereocenters. The van der Waals surface area contributed by atoms with Crippen molar-refractivity contribution in [3.05, 3.63) is 23.3 Å². The number of fused-ring (bicyclic) bond motifs is 1. The van der Waals surface area contributed by atoms with Gasteiger partial charge in [-0.2, -0.15) is 0 Å². The van der Waals surface area contributed by atoms with E-state index < -0.39 is 0 Å². The molecule has 0 radical (unpaired) electrons. The first kappa shape index (κ1) is 15.9. The Balaban J connectivity index is 2.62. The van der Waals surface area contributed by atoms with E-state index in [4.69, 9.17) is 9.47 Å². The fraction of sp³-hybridized carbons (Fsp3) is 0.500. The molecule has 0 aromatic heterocycles. The number of rotatable bonds is 4. The summed E-state index contributed by atoms with van der Waals surface area (Å²) in [6.07, 6.45) is 7.17. The van der Waals surface area contributed by atoms with Crippen LogP contribution < -0.4 is 4.74 Å². The Bertz CT molecular complexity index is 513. The van der Waals surface area contributed by atoms with E-state index in [2.05, 4.69) is 12.5 Å². The molecule has 0 N–H and O–H groups in total. The minimum absolute atomic E-state index is 0.00666. The summed E-state index contributed by atoms with van der Waals surface area (Å²) in [7, 11) is 1.40. The SMILES string of the molecule is COC(=O)c1ccc2c(c1SC)OCCC2(SC)SC. The summed E-state index contributed by atoms with van der Waals surface area (Å²) in [4.78, 5) is 12.8. The van der Waals surface area contributed by atoms with Crippen molar-refractivity contribution in [2.75, 3.05) is 32.5 Å². The van der Waals surface area contributed by atoms with E-state index in [1.54, 1.807) is 0 Å². The van der Waals surface area contributed by atoms with Crippen LogP contribution in [0.2, 0.25) is 0 Å². The second-order valence-electron chi connectivity index (χ2n) is 4.27. The summed E-state index contributed by atoms with van der Waals surface area (Å²) in [5.41, 5.74) is 1.75. The molecule has 6 heteroatoms. The van der Waals surface area contributed by atoms with Crippen LogP contribution in [0.5, 0.6) is 5.75 Å². The molecule has 2 rings (SSSR count). The number of esters is 1. The molecule has 1 aliphatic heterocycles. The molecular formula is C14H18O3S3. The van der Waals surface area contributed by atoms with Crippen LogP contribution in [0.3, 0.4) is 0 Å². The zero-order valence-electron chi connectivity index (χ0n) is 12.0. The largest absolute Gasteiger partial charge is 0.492 e. The fourth-order valence-electron chi connectivity index (χ4n) is 2.41. The maximum Gasteiger partial charge on any atom is 0.339 e. The molecule has 0 saturated heterocycles. The molecule has 0 bridgehead atoms. The smallest absolute Gasteiger partial charge is 0.339 e. The van der Waals surface area contributed by atoms with Crippen molar-refractivity contribution in [2.24, 2.45) is 0 Å². The van der Waals surface area contributed by atoms with Crippen LogP contribution in [0, 0.1) is 0 Å². The normalized spacial score (nSPS) is 16.2. The van der Waals surface area contributed by atoms with Crippen molar-refractivity contribution >= 4 is 41.3 Å². The number of hydrogen-bond acceptors (Lipinski definition) is 6. The van der Waals surface area contributed by atoms with Crippen LogP contribution in [0.4, 0.5) is 0 Å². The van der Waals surface area contributed by atoms with Gasteiger partial charge < -0.3 is 9.47 Å². The third-order valence-electron chi connectivity index (χ3n) is 3.47. The highest BCUT2D eigenvalue weighted by atomic mass is 32.2. The van der Waals surface area contributed by atoms with E-state index in [0.717, 1.165) is 17.1 Å². The molecule has 0 aliphatic carbocycles. The average Bonchev–Trinajstić information content (AvgIpc) is 2.52. The standard InChI is InChI=1S/C14H18O3S3/c1-16-13(15)9-5-6-10-11(12(9)18-2)17-8-7-14(10,19-3)20-4/h5-6H,7-8H2,1-4H3. The first-order valence-corrected chi connectivity index (χ1v) is 9.83. The first-order chi connectivity index (χ1) is 9.63. The Kier molecular flexibility index (Phi) is 5.20. The van der Waals surface area contributed by atoms with E-state index in [0.29, 0.717) is 12.2 Å². The molecule has 1 aliphatic rings. The lowest BCUT2D eigenvalue weighted by Gasteiger charge is -2.37. The molecule has 0 saturated carbocycles. The van der Waals surface area contributed by atoms with Gasteiger partial charge in [0.25, 0.3) is 0 Å². The fourth-order valence-corrected chi connectivity index (χ4v) is 5.14. The molecule has 0 fully saturated rings. The Morgan fingerprint density at radius 3 is 2.55 bits per heavy atom. The average molecular weight is 330 g/mol. The van der Waals surface area contributed by atoms with Crippen LogP contribution in [0.15, 0.2) is 17.0 Å². The quantitative estimate of drug-likeness (QED) is 0.474. The van der Waals surface area contributed by atoms with Crippen molar-refractivity contribution in [3.63, 3.8) is 0 Å². The topological polar surface area (TPSA) is 35.5 Å². The lowest BCUT2D eigenvalue weighted by molar-refractivity contribution is 0.0595. The minimum Gasteiger partial charge on any atom is -0.492 e. The Morgan fingerprint density at radius 1 is 1.30 bits per heavy atom. The highest BCUT2D eigenvalue weighted by Crippen LogP contribution is 2.54. The number of carbonyl (C=O) groups excluding carboxylic acids is 1. The van der Waals surface area contributed by atoms with E-state index in [-0.39, 0.29) is 10.0 Å². The highest BCUT2D eigenvalue weighted by Gasteiger charge is 2.38. The molecule has 110 valence electrons. The van der Waals surface area contributed by atoms with Gasteiger partial charge in [-0.1, -0.05) is 6.07 Å².